The molecule has 4 fully saturated rings. The van der Waals surface area contributed by atoms with Crippen LogP contribution in [0.2, 0.25) is 0 Å². The van der Waals surface area contributed by atoms with Crippen LogP contribution >= 0.6 is 0 Å². The smallest absolute Gasteiger partial charge is 0.185 e. The van der Waals surface area contributed by atoms with Crippen molar-refractivity contribution in [2.45, 2.75) is 123 Å². The van der Waals surface area contributed by atoms with E-state index in [1.54, 1.807) is 0 Å². The highest BCUT2D eigenvalue weighted by Gasteiger charge is 2.66. The highest BCUT2D eigenvalue weighted by molar-refractivity contribution is 5.76. The molecule has 1 aromatic carbocycles. The van der Waals surface area contributed by atoms with Crippen molar-refractivity contribution in [3.05, 3.63) is 35.9 Å². The molecule has 1 aromatic rings. The molecule has 322 valence electrons. The first-order valence-corrected chi connectivity index (χ1v) is 22.1. The minimum atomic E-state index is 0.0471. The van der Waals surface area contributed by atoms with Gasteiger partial charge in [-0.15, -0.1) is 0 Å². The normalized spacial score (nSPS) is 32.4. The molecule has 0 aliphatic heterocycles. The van der Waals surface area contributed by atoms with E-state index in [0.29, 0.717) is 75.0 Å². The largest absolute Gasteiger partial charge is 0.378 e. The molecule has 0 bridgehead atoms. The molecule has 0 heterocycles. The number of hydrogen-bond acceptors (Lipinski definition) is 7. The second-order valence-corrected chi connectivity index (χ2v) is 18.4. The summed E-state index contributed by atoms with van der Waals surface area (Å²) in [5, 5.41) is 0. The van der Waals surface area contributed by atoms with E-state index in [2.05, 4.69) is 78.0 Å². The first-order valence-electron chi connectivity index (χ1n) is 22.1. The van der Waals surface area contributed by atoms with E-state index in [-0.39, 0.29) is 47.0 Å². The molecule has 13 nitrogen and oxygen atoms in total. The molecule has 4 saturated carbocycles. The lowest BCUT2D eigenvalue weighted by Gasteiger charge is -2.65. The number of rotatable bonds is 22. The lowest BCUT2D eigenvalue weighted by molar-refractivity contribution is -0.227. The van der Waals surface area contributed by atoms with Crippen LogP contribution in [0.1, 0.15) is 103 Å². The lowest BCUT2D eigenvalue weighted by Crippen LogP contribution is -2.63. The molecular weight excluding hydrogens is 717 g/mol. The number of fused-ring (bicyclic) bond motifs is 5. The third-order valence-electron chi connectivity index (χ3n) is 14.7. The lowest BCUT2D eigenvalue weighted by atomic mass is 9.43. The number of benzene rings is 1. The van der Waals surface area contributed by atoms with Gasteiger partial charge >= 0.3 is 0 Å². The molecule has 0 amide bonds. The molecule has 11 atom stereocenters. The van der Waals surface area contributed by atoms with E-state index >= 15 is 0 Å². The molecule has 0 radical (unpaired) electrons. The average molecular weight is 795 g/mol. The first-order chi connectivity index (χ1) is 27.3. The van der Waals surface area contributed by atoms with Crippen molar-refractivity contribution >= 4 is 17.9 Å². The number of nitrogens with two attached hydrogens (primary N) is 6. The van der Waals surface area contributed by atoms with Crippen molar-refractivity contribution in [1.82, 2.24) is 4.90 Å². The number of hydrogen-bond donors (Lipinski definition) is 6. The number of guanidine groups is 3. The van der Waals surface area contributed by atoms with Crippen molar-refractivity contribution < 1.29 is 14.2 Å². The summed E-state index contributed by atoms with van der Waals surface area (Å²) in [5.41, 5.74) is 35.4. The van der Waals surface area contributed by atoms with Gasteiger partial charge in [0.15, 0.2) is 17.9 Å². The van der Waals surface area contributed by atoms with Crippen molar-refractivity contribution in [2.75, 3.05) is 53.0 Å². The van der Waals surface area contributed by atoms with Crippen LogP contribution in [0, 0.1) is 46.3 Å². The molecule has 5 rings (SSSR count). The molecule has 5 unspecified atom stereocenters. The van der Waals surface area contributed by atoms with Crippen LogP contribution < -0.4 is 34.4 Å². The second kappa shape index (κ2) is 21.2. The standard InChI is InChI=1S/C44H78N10O3/c1-30(12-8-22-54(4)29-31-13-6-5-7-14-31)34-15-16-35-39-36(28-38(44(34,35)3)57-25-11-21-53-42(49)50)43(2)18-17-33(55-23-9-19-51-40(45)46)26-32(43)27-37(39)56-24-10-20-52-41(47)48/h5-7,13-14,30,32-39H,8-12,15-29H2,1-4H3,(H4,45,46,51)(H4,47,48,52)(H4,49,50,53)/t30-,32?,33-,34-,35?,36?,37?,38+,39?,43+,44-/m1/s1. The minimum Gasteiger partial charge on any atom is -0.378 e. The summed E-state index contributed by atoms with van der Waals surface area (Å²) in [6, 6.07) is 10.8. The van der Waals surface area contributed by atoms with Gasteiger partial charge in [-0.2, -0.15) is 0 Å². The van der Waals surface area contributed by atoms with E-state index in [0.717, 1.165) is 64.5 Å². The third-order valence-corrected chi connectivity index (χ3v) is 14.7. The van der Waals surface area contributed by atoms with E-state index < -0.39 is 0 Å². The molecule has 4 aliphatic carbocycles. The summed E-state index contributed by atoms with van der Waals surface area (Å²) in [6.07, 6.45) is 13.3. The van der Waals surface area contributed by atoms with Crippen molar-refractivity contribution in [1.29, 1.82) is 0 Å². The van der Waals surface area contributed by atoms with Crippen LogP contribution in [0.5, 0.6) is 0 Å². The SMILES string of the molecule is C[C@H](CCCN(C)Cc1ccccc1)[C@H]1CCC2C3C(OCCCN=C(N)N)CC4C[C@H](OCCCN=C(N)N)CC[C@]4(C)C3C[C@H](OCCCN=C(N)N)[C@@]21C. The predicted molar refractivity (Wildman–Crippen MR) is 232 cm³/mol. The molecule has 13 heteroatoms. The summed E-state index contributed by atoms with van der Waals surface area (Å²) in [4.78, 5) is 15.1. The Morgan fingerprint density at radius 1 is 0.754 bits per heavy atom. The van der Waals surface area contributed by atoms with Crippen LogP contribution in [0.4, 0.5) is 0 Å². The van der Waals surface area contributed by atoms with Gasteiger partial charge in [0.1, 0.15) is 0 Å². The fourth-order valence-electron chi connectivity index (χ4n) is 12.0. The summed E-state index contributed by atoms with van der Waals surface area (Å²) in [5.74, 6) is 3.61. The Kier molecular flexibility index (Phi) is 16.7. The maximum Gasteiger partial charge on any atom is 0.185 e. The Morgan fingerprint density at radius 2 is 1.37 bits per heavy atom. The Bertz CT molecular complexity index is 1450. The number of ether oxygens (including phenoxy) is 3. The second-order valence-electron chi connectivity index (χ2n) is 18.4. The van der Waals surface area contributed by atoms with Crippen molar-refractivity contribution in [2.24, 2.45) is 95.7 Å². The maximum absolute atomic E-state index is 7.14. The van der Waals surface area contributed by atoms with Gasteiger partial charge in [0.05, 0.1) is 18.3 Å². The Balaban J connectivity index is 1.35. The molecule has 57 heavy (non-hydrogen) atoms. The van der Waals surface area contributed by atoms with Gasteiger partial charge in [-0.05, 0) is 137 Å². The molecule has 0 saturated heterocycles. The van der Waals surface area contributed by atoms with Crippen molar-refractivity contribution in [3.8, 4) is 0 Å². The van der Waals surface area contributed by atoms with Gasteiger partial charge in [-0.1, -0.05) is 51.1 Å². The molecule has 4 aliphatic rings. The quantitative estimate of drug-likeness (QED) is 0.0545. The monoisotopic (exact) mass is 795 g/mol. The Labute approximate surface area is 343 Å². The maximum atomic E-state index is 7.14. The first kappa shape index (κ1) is 45.0. The van der Waals surface area contributed by atoms with E-state index in [1.807, 2.05) is 0 Å². The number of nitrogens with zero attached hydrogens (tertiary/aromatic N) is 4. The van der Waals surface area contributed by atoms with Crippen LogP contribution in [0.3, 0.4) is 0 Å². The summed E-state index contributed by atoms with van der Waals surface area (Å²) >= 11 is 0. The zero-order valence-corrected chi connectivity index (χ0v) is 35.7. The van der Waals surface area contributed by atoms with Crippen molar-refractivity contribution in [3.63, 3.8) is 0 Å². The zero-order chi connectivity index (χ0) is 41.0. The highest BCUT2D eigenvalue weighted by Crippen LogP contribution is 2.69. The van der Waals surface area contributed by atoms with E-state index in [4.69, 9.17) is 48.6 Å². The fourth-order valence-corrected chi connectivity index (χ4v) is 12.0. The highest BCUT2D eigenvalue weighted by atomic mass is 16.5. The fraction of sp³-hybridized carbons (Fsp3) is 0.795. The summed E-state index contributed by atoms with van der Waals surface area (Å²) in [7, 11) is 2.25. The Hall–Kier alpha value is -3.13. The average Bonchev–Trinajstić information content (AvgIpc) is 3.52. The van der Waals surface area contributed by atoms with E-state index in [1.165, 1.54) is 31.2 Å². The molecule has 12 N–H and O–H groups in total. The van der Waals surface area contributed by atoms with Gasteiger partial charge < -0.3 is 53.5 Å². The minimum absolute atomic E-state index is 0.0471. The van der Waals surface area contributed by atoms with Crippen LogP contribution in [0.25, 0.3) is 0 Å². The molecular formula is C44H78N10O3. The number of aliphatic imine (C=N–C) groups is 3. The van der Waals surface area contributed by atoms with E-state index in [9.17, 15) is 0 Å². The van der Waals surface area contributed by atoms with Gasteiger partial charge in [0, 0.05) is 51.4 Å². The predicted octanol–water partition coefficient (Wildman–Crippen LogP) is 4.56. The molecule has 0 aromatic heterocycles. The third kappa shape index (κ3) is 11.8. The topological polar surface area (TPSA) is 224 Å². The van der Waals surface area contributed by atoms with Gasteiger partial charge in [0.25, 0.3) is 0 Å². The van der Waals surface area contributed by atoms with Crippen LogP contribution in [-0.2, 0) is 20.8 Å². The zero-order valence-electron chi connectivity index (χ0n) is 35.7. The van der Waals surface area contributed by atoms with Crippen LogP contribution in [0.15, 0.2) is 45.3 Å². The van der Waals surface area contributed by atoms with Crippen LogP contribution in [-0.4, -0.2) is 94.1 Å². The molecule has 0 spiro atoms. The van der Waals surface area contributed by atoms with Gasteiger partial charge in [-0.3, -0.25) is 15.0 Å². The summed E-state index contributed by atoms with van der Waals surface area (Å²) in [6.45, 7) is 13.5. The Morgan fingerprint density at radius 3 is 2.00 bits per heavy atom. The van der Waals surface area contributed by atoms with Gasteiger partial charge in [-0.25, -0.2) is 0 Å². The summed E-state index contributed by atoms with van der Waals surface area (Å²) < 4.78 is 20.7. The van der Waals surface area contributed by atoms with Gasteiger partial charge in [0.2, 0.25) is 0 Å².